The molecule has 0 amide bonds. The second kappa shape index (κ2) is 4.18. The van der Waals surface area contributed by atoms with E-state index in [4.69, 9.17) is 4.98 Å². The monoisotopic (exact) mass is 254 g/mol. The van der Waals surface area contributed by atoms with Crippen molar-refractivity contribution in [3.8, 4) is 11.4 Å². The summed E-state index contributed by atoms with van der Waals surface area (Å²) in [6.45, 7) is 2.11. The maximum absolute atomic E-state index is 4.72. The smallest absolute Gasteiger partial charge is 0.141 e. The van der Waals surface area contributed by atoms with Crippen molar-refractivity contribution in [1.82, 2.24) is 9.55 Å². The Labute approximate surface area is 112 Å². The Kier molecular flexibility index (Phi) is 2.63. The summed E-state index contributed by atoms with van der Waals surface area (Å²) in [7, 11) is 2.05. The van der Waals surface area contributed by atoms with E-state index in [0.29, 0.717) is 0 Å². The first-order valence-corrected chi connectivity index (χ1v) is 6.33. The number of hydrogen-bond acceptors (Lipinski definition) is 2. The molecular formula is C15H14N2S. The van der Waals surface area contributed by atoms with Crippen molar-refractivity contribution < 1.29 is 0 Å². The van der Waals surface area contributed by atoms with Gasteiger partial charge in [0.1, 0.15) is 5.82 Å². The zero-order valence-electron chi connectivity index (χ0n) is 10.4. The van der Waals surface area contributed by atoms with Crippen molar-refractivity contribution in [3.63, 3.8) is 0 Å². The standard InChI is InChI=1S/C15H14N2S/c1-10-5-3-4-6-12(10)15-16-13-9-11(18)7-8-14(13)17(15)2/h3-9,18H,1-2H3. The van der Waals surface area contributed by atoms with Gasteiger partial charge in [-0.15, -0.1) is 12.6 Å². The molecule has 0 aliphatic carbocycles. The molecule has 0 aliphatic rings. The summed E-state index contributed by atoms with van der Waals surface area (Å²) in [6.07, 6.45) is 0. The predicted octanol–water partition coefficient (Wildman–Crippen LogP) is 3.84. The van der Waals surface area contributed by atoms with Crippen LogP contribution >= 0.6 is 12.6 Å². The fourth-order valence-corrected chi connectivity index (χ4v) is 2.45. The molecule has 0 saturated heterocycles. The van der Waals surface area contributed by atoms with Crippen LogP contribution < -0.4 is 0 Å². The first kappa shape index (κ1) is 11.4. The summed E-state index contributed by atoms with van der Waals surface area (Å²) in [5.41, 5.74) is 4.54. The number of thiol groups is 1. The van der Waals surface area contributed by atoms with Gasteiger partial charge in [0, 0.05) is 17.5 Å². The molecule has 3 rings (SSSR count). The molecule has 0 saturated carbocycles. The van der Waals surface area contributed by atoms with Gasteiger partial charge in [-0.1, -0.05) is 24.3 Å². The molecule has 1 aromatic heterocycles. The molecule has 2 nitrogen and oxygen atoms in total. The lowest BCUT2D eigenvalue weighted by Gasteiger charge is -2.05. The van der Waals surface area contributed by atoms with E-state index in [1.165, 1.54) is 11.1 Å². The summed E-state index contributed by atoms with van der Waals surface area (Å²) < 4.78 is 2.13. The molecule has 2 aromatic carbocycles. The topological polar surface area (TPSA) is 17.8 Å². The number of hydrogen-bond donors (Lipinski definition) is 1. The Morgan fingerprint density at radius 2 is 1.89 bits per heavy atom. The molecular weight excluding hydrogens is 240 g/mol. The van der Waals surface area contributed by atoms with E-state index in [2.05, 4.69) is 49.4 Å². The second-order valence-corrected chi connectivity index (χ2v) is 5.00. The molecule has 3 aromatic rings. The molecule has 1 heterocycles. The van der Waals surface area contributed by atoms with E-state index < -0.39 is 0 Å². The van der Waals surface area contributed by atoms with Gasteiger partial charge in [0.25, 0.3) is 0 Å². The Balaban J connectivity index is 2.31. The zero-order valence-corrected chi connectivity index (χ0v) is 11.3. The summed E-state index contributed by atoms with van der Waals surface area (Å²) >= 11 is 4.36. The molecule has 3 heteroatoms. The van der Waals surface area contributed by atoms with Crippen molar-refractivity contribution >= 4 is 23.7 Å². The minimum atomic E-state index is 0.942. The molecule has 0 atom stereocenters. The molecule has 0 unspecified atom stereocenters. The maximum atomic E-state index is 4.72. The van der Waals surface area contributed by atoms with E-state index in [1.807, 2.05) is 24.3 Å². The van der Waals surface area contributed by atoms with Crippen LogP contribution in [0.4, 0.5) is 0 Å². The van der Waals surface area contributed by atoms with Gasteiger partial charge < -0.3 is 4.57 Å². The minimum Gasteiger partial charge on any atom is -0.327 e. The largest absolute Gasteiger partial charge is 0.327 e. The zero-order chi connectivity index (χ0) is 12.7. The fraction of sp³-hybridized carbons (Fsp3) is 0.133. The summed E-state index contributed by atoms with van der Waals surface area (Å²) in [4.78, 5) is 5.66. The van der Waals surface area contributed by atoms with Crippen LogP contribution in [0, 0.1) is 6.92 Å². The lowest BCUT2D eigenvalue weighted by atomic mass is 10.1. The average Bonchev–Trinajstić information content (AvgIpc) is 2.67. The highest BCUT2D eigenvalue weighted by molar-refractivity contribution is 7.80. The average molecular weight is 254 g/mol. The van der Waals surface area contributed by atoms with Gasteiger partial charge in [0.15, 0.2) is 0 Å². The van der Waals surface area contributed by atoms with Gasteiger partial charge >= 0.3 is 0 Å². The molecule has 0 fully saturated rings. The van der Waals surface area contributed by atoms with Crippen molar-refractivity contribution in [3.05, 3.63) is 48.0 Å². The van der Waals surface area contributed by atoms with Crippen LogP contribution in [0.3, 0.4) is 0 Å². The number of imidazole rings is 1. The second-order valence-electron chi connectivity index (χ2n) is 4.48. The lowest BCUT2D eigenvalue weighted by molar-refractivity contribution is 0.957. The Morgan fingerprint density at radius 3 is 2.67 bits per heavy atom. The van der Waals surface area contributed by atoms with Crippen LogP contribution in [0.1, 0.15) is 5.56 Å². The van der Waals surface area contributed by atoms with E-state index in [0.717, 1.165) is 21.8 Å². The number of nitrogens with zero attached hydrogens (tertiary/aromatic N) is 2. The third kappa shape index (κ3) is 1.71. The molecule has 0 spiro atoms. The van der Waals surface area contributed by atoms with Crippen LogP contribution in [-0.4, -0.2) is 9.55 Å². The van der Waals surface area contributed by atoms with Crippen LogP contribution in [0.25, 0.3) is 22.4 Å². The number of aryl methyl sites for hydroxylation is 2. The van der Waals surface area contributed by atoms with Crippen molar-refractivity contribution in [1.29, 1.82) is 0 Å². The molecule has 0 N–H and O–H groups in total. The first-order valence-electron chi connectivity index (χ1n) is 5.88. The quantitative estimate of drug-likeness (QED) is 0.653. The lowest BCUT2D eigenvalue weighted by Crippen LogP contribution is -1.94. The highest BCUT2D eigenvalue weighted by Gasteiger charge is 2.11. The number of rotatable bonds is 1. The van der Waals surface area contributed by atoms with Gasteiger partial charge in [-0.2, -0.15) is 0 Å². The van der Waals surface area contributed by atoms with E-state index in [1.54, 1.807) is 0 Å². The SMILES string of the molecule is Cc1ccccc1-c1nc2cc(S)ccc2n1C. The number of aromatic nitrogens is 2. The van der Waals surface area contributed by atoms with Crippen molar-refractivity contribution in [2.24, 2.45) is 7.05 Å². The third-order valence-corrected chi connectivity index (χ3v) is 3.53. The molecule has 18 heavy (non-hydrogen) atoms. The van der Waals surface area contributed by atoms with Crippen LogP contribution in [0.15, 0.2) is 47.4 Å². The minimum absolute atomic E-state index is 0.942. The highest BCUT2D eigenvalue weighted by atomic mass is 32.1. The summed E-state index contributed by atoms with van der Waals surface area (Å²) in [5, 5.41) is 0. The molecule has 0 aliphatic heterocycles. The fourth-order valence-electron chi connectivity index (χ4n) is 2.25. The van der Waals surface area contributed by atoms with E-state index >= 15 is 0 Å². The van der Waals surface area contributed by atoms with Gasteiger partial charge in [-0.05, 0) is 30.7 Å². The number of benzene rings is 2. The summed E-state index contributed by atoms with van der Waals surface area (Å²) in [5.74, 6) is 1.00. The highest BCUT2D eigenvalue weighted by Crippen LogP contribution is 2.27. The Morgan fingerprint density at radius 1 is 1.11 bits per heavy atom. The van der Waals surface area contributed by atoms with Crippen LogP contribution in [0.2, 0.25) is 0 Å². The Hall–Kier alpha value is -1.74. The van der Waals surface area contributed by atoms with E-state index in [9.17, 15) is 0 Å². The molecule has 0 radical (unpaired) electrons. The van der Waals surface area contributed by atoms with Crippen LogP contribution in [-0.2, 0) is 7.05 Å². The van der Waals surface area contributed by atoms with Gasteiger partial charge in [-0.3, -0.25) is 0 Å². The maximum Gasteiger partial charge on any atom is 0.141 e. The van der Waals surface area contributed by atoms with Gasteiger partial charge in [0.05, 0.1) is 11.0 Å². The Bertz CT molecular complexity index is 728. The van der Waals surface area contributed by atoms with E-state index in [-0.39, 0.29) is 0 Å². The van der Waals surface area contributed by atoms with Gasteiger partial charge in [-0.25, -0.2) is 4.98 Å². The molecule has 0 bridgehead atoms. The summed E-state index contributed by atoms with van der Waals surface area (Å²) in [6, 6.07) is 14.4. The number of fused-ring (bicyclic) bond motifs is 1. The first-order chi connectivity index (χ1) is 8.66. The van der Waals surface area contributed by atoms with Crippen molar-refractivity contribution in [2.45, 2.75) is 11.8 Å². The van der Waals surface area contributed by atoms with Crippen LogP contribution in [0.5, 0.6) is 0 Å². The third-order valence-electron chi connectivity index (χ3n) is 3.25. The van der Waals surface area contributed by atoms with Crippen molar-refractivity contribution in [2.75, 3.05) is 0 Å². The van der Waals surface area contributed by atoms with Gasteiger partial charge in [0.2, 0.25) is 0 Å². The predicted molar refractivity (Wildman–Crippen MR) is 78.1 cm³/mol. The molecule has 90 valence electrons. The normalized spacial score (nSPS) is 11.1.